The zero-order chi connectivity index (χ0) is 19.1. The van der Waals surface area contributed by atoms with Crippen molar-refractivity contribution < 1.29 is 9.90 Å². The van der Waals surface area contributed by atoms with Crippen molar-refractivity contribution in [3.63, 3.8) is 0 Å². The van der Waals surface area contributed by atoms with Crippen molar-refractivity contribution in [1.82, 2.24) is 4.57 Å². The van der Waals surface area contributed by atoms with Gasteiger partial charge in [0.15, 0.2) is 0 Å². The van der Waals surface area contributed by atoms with Crippen LogP contribution in [0.5, 0.6) is 0 Å². The van der Waals surface area contributed by atoms with Crippen molar-refractivity contribution >= 4 is 5.97 Å². The van der Waals surface area contributed by atoms with E-state index in [4.69, 9.17) is 0 Å². The minimum absolute atomic E-state index is 0.294. The molecule has 3 nitrogen and oxygen atoms in total. The van der Waals surface area contributed by atoms with Crippen molar-refractivity contribution in [2.24, 2.45) is 0 Å². The predicted octanol–water partition coefficient (Wildman–Crippen LogP) is 5.61. The molecule has 1 aliphatic carbocycles. The zero-order valence-corrected chi connectivity index (χ0v) is 15.3. The van der Waals surface area contributed by atoms with Gasteiger partial charge in [-0.3, -0.25) is 0 Å². The van der Waals surface area contributed by atoms with Crippen LogP contribution < -0.4 is 0 Å². The summed E-state index contributed by atoms with van der Waals surface area (Å²) in [6.45, 7) is 0. The third-order valence-corrected chi connectivity index (χ3v) is 5.44. The molecule has 0 aliphatic heterocycles. The van der Waals surface area contributed by atoms with Gasteiger partial charge in [-0.1, -0.05) is 60.7 Å². The fourth-order valence-corrected chi connectivity index (χ4v) is 4.15. The first kappa shape index (κ1) is 16.6. The summed E-state index contributed by atoms with van der Waals surface area (Å²) in [5.74, 6) is -0.912. The minimum Gasteiger partial charge on any atom is -0.478 e. The number of carboxylic acids is 1. The van der Waals surface area contributed by atoms with Crippen LogP contribution in [0.1, 0.15) is 21.5 Å². The Balaban J connectivity index is 1.83. The molecule has 0 atom stereocenters. The molecule has 0 amide bonds. The highest BCUT2D eigenvalue weighted by molar-refractivity contribution is 5.89. The van der Waals surface area contributed by atoms with Gasteiger partial charge in [0.05, 0.1) is 17.0 Å². The largest absolute Gasteiger partial charge is 0.478 e. The van der Waals surface area contributed by atoms with Crippen molar-refractivity contribution in [3.05, 3.63) is 102 Å². The number of carboxylic acid groups (broad SMARTS) is 1. The fraction of sp³-hybridized carbons (Fsp3) is 0.0800. The Morgan fingerprint density at radius 3 is 2.36 bits per heavy atom. The summed E-state index contributed by atoms with van der Waals surface area (Å²) in [5, 5.41) is 9.48. The summed E-state index contributed by atoms with van der Waals surface area (Å²) in [5.41, 5.74) is 8.41. The van der Waals surface area contributed by atoms with Gasteiger partial charge in [0.25, 0.3) is 0 Å². The molecule has 0 saturated carbocycles. The van der Waals surface area contributed by atoms with Gasteiger partial charge >= 0.3 is 5.97 Å². The first-order chi connectivity index (χ1) is 13.7. The molecular weight excluding hydrogens is 346 g/mol. The number of carbonyl (C=O) groups is 1. The van der Waals surface area contributed by atoms with Gasteiger partial charge in [0.2, 0.25) is 0 Å². The lowest BCUT2D eigenvalue weighted by Gasteiger charge is -2.21. The molecule has 4 aromatic rings. The number of benzene rings is 3. The van der Waals surface area contributed by atoms with E-state index in [0.717, 1.165) is 29.8 Å². The molecule has 1 N–H and O–H groups in total. The Kier molecular flexibility index (Phi) is 3.87. The molecule has 136 valence electrons. The van der Waals surface area contributed by atoms with Crippen LogP contribution in [0.25, 0.3) is 28.2 Å². The number of aromatic nitrogens is 1. The number of aryl methyl sites for hydroxylation is 2. The highest BCUT2D eigenvalue weighted by atomic mass is 16.4. The maximum atomic E-state index is 11.6. The van der Waals surface area contributed by atoms with Crippen molar-refractivity contribution in [1.29, 1.82) is 0 Å². The molecule has 0 fully saturated rings. The standard InChI is InChI=1S/C25H19NO2/c27-25(28)20-10-6-11-21(15-20)26-23(18-8-2-1-3-9-18)16-19-14-13-17-7-4-5-12-22(17)24(19)26/h1-12,15-16H,13-14H2,(H,27,28). The van der Waals surface area contributed by atoms with E-state index in [2.05, 4.69) is 47.0 Å². The molecule has 0 unspecified atom stereocenters. The first-order valence-corrected chi connectivity index (χ1v) is 9.44. The highest BCUT2D eigenvalue weighted by Crippen LogP contribution is 2.40. The Hall–Kier alpha value is -3.59. The molecule has 0 bridgehead atoms. The number of fused-ring (bicyclic) bond motifs is 3. The van der Waals surface area contributed by atoms with E-state index in [9.17, 15) is 9.90 Å². The molecule has 3 aromatic carbocycles. The second kappa shape index (κ2) is 6.54. The molecule has 0 radical (unpaired) electrons. The van der Waals surface area contributed by atoms with Crippen LogP contribution in [-0.2, 0) is 12.8 Å². The topological polar surface area (TPSA) is 42.2 Å². The molecule has 3 heteroatoms. The molecule has 5 rings (SSSR count). The molecule has 1 heterocycles. The lowest BCUT2D eigenvalue weighted by Crippen LogP contribution is -2.07. The van der Waals surface area contributed by atoms with E-state index in [0.29, 0.717) is 5.56 Å². The lowest BCUT2D eigenvalue weighted by atomic mass is 9.90. The fourth-order valence-electron chi connectivity index (χ4n) is 4.15. The van der Waals surface area contributed by atoms with E-state index in [1.807, 2.05) is 30.3 Å². The SMILES string of the molecule is O=C(O)c1cccc(-n2c(-c3ccccc3)cc3c2-c2ccccc2CC3)c1. The number of hydrogen-bond acceptors (Lipinski definition) is 1. The summed E-state index contributed by atoms with van der Waals surface area (Å²) >= 11 is 0. The molecule has 0 saturated heterocycles. The number of rotatable bonds is 3. The maximum Gasteiger partial charge on any atom is 0.335 e. The summed E-state index contributed by atoms with van der Waals surface area (Å²) in [7, 11) is 0. The first-order valence-electron chi connectivity index (χ1n) is 9.44. The summed E-state index contributed by atoms with van der Waals surface area (Å²) < 4.78 is 2.22. The predicted molar refractivity (Wildman–Crippen MR) is 111 cm³/mol. The minimum atomic E-state index is -0.912. The van der Waals surface area contributed by atoms with Crippen molar-refractivity contribution in [2.75, 3.05) is 0 Å². The average Bonchev–Trinajstić information content (AvgIpc) is 3.14. The Labute approximate surface area is 163 Å². The van der Waals surface area contributed by atoms with Gasteiger partial charge in [-0.15, -0.1) is 0 Å². The summed E-state index contributed by atoms with van der Waals surface area (Å²) in [6, 6.07) is 28.2. The van der Waals surface area contributed by atoms with E-state index in [-0.39, 0.29) is 0 Å². The highest BCUT2D eigenvalue weighted by Gasteiger charge is 2.24. The van der Waals surface area contributed by atoms with Gasteiger partial charge in [-0.25, -0.2) is 4.79 Å². The van der Waals surface area contributed by atoms with Crippen LogP contribution in [0.2, 0.25) is 0 Å². The van der Waals surface area contributed by atoms with Gasteiger partial charge in [-0.05, 0) is 53.8 Å². The van der Waals surface area contributed by atoms with Crippen LogP contribution in [-0.4, -0.2) is 15.6 Å². The van der Waals surface area contributed by atoms with Gasteiger partial charge in [0, 0.05) is 11.3 Å². The number of hydrogen-bond donors (Lipinski definition) is 1. The van der Waals surface area contributed by atoms with E-state index < -0.39 is 5.97 Å². The second-order valence-corrected chi connectivity index (χ2v) is 7.12. The van der Waals surface area contributed by atoms with Crippen LogP contribution in [0.3, 0.4) is 0 Å². The molecular formula is C25H19NO2. The third kappa shape index (κ3) is 2.64. The van der Waals surface area contributed by atoms with Crippen molar-refractivity contribution in [3.8, 4) is 28.2 Å². The number of nitrogens with zero attached hydrogens (tertiary/aromatic N) is 1. The van der Waals surface area contributed by atoms with E-state index >= 15 is 0 Å². The average molecular weight is 365 g/mol. The van der Waals surface area contributed by atoms with Crippen LogP contribution >= 0.6 is 0 Å². The van der Waals surface area contributed by atoms with E-state index in [1.54, 1.807) is 12.1 Å². The Morgan fingerprint density at radius 1 is 0.786 bits per heavy atom. The Bertz CT molecular complexity index is 1190. The summed E-state index contributed by atoms with van der Waals surface area (Å²) in [6.07, 6.45) is 2.01. The van der Waals surface area contributed by atoms with Crippen LogP contribution in [0.4, 0.5) is 0 Å². The Morgan fingerprint density at radius 2 is 1.54 bits per heavy atom. The maximum absolute atomic E-state index is 11.6. The van der Waals surface area contributed by atoms with Crippen molar-refractivity contribution in [2.45, 2.75) is 12.8 Å². The monoisotopic (exact) mass is 365 g/mol. The number of aromatic carboxylic acids is 1. The van der Waals surface area contributed by atoms with Gasteiger partial charge < -0.3 is 9.67 Å². The summed E-state index contributed by atoms with van der Waals surface area (Å²) in [4.78, 5) is 11.6. The lowest BCUT2D eigenvalue weighted by molar-refractivity contribution is 0.0697. The normalized spacial score (nSPS) is 12.3. The van der Waals surface area contributed by atoms with Crippen LogP contribution in [0.15, 0.2) is 84.9 Å². The molecule has 1 aromatic heterocycles. The van der Waals surface area contributed by atoms with Gasteiger partial charge in [0.1, 0.15) is 0 Å². The van der Waals surface area contributed by atoms with Crippen LogP contribution in [0, 0.1) is 0 Å². The quantitative estimate of drug-likeness (QED) is 0.513. The third-order valence-electron chi connectivity index (χ3n) is 5.44. The smallest absolute Gasteiger partial charge is 0.335 e. The zero-order valence-electron chi connectivity index (χ0n) is 15.3. The van der Waals surface area contributed by atoms with E-state index in [1.165, 1.54) is 22.4 Å². The molecule has 0 spiro atoms. The second-order valence-electron chi connectivity index (χ2n) is 7.12. The molecule has 28 heavy (non-hydrogen) atoms. The molecule has 1 aliphatic rings. The van der Waals surface area contributed by atoms with Gasteiger partial charge in [-0.2, -0.15) is 0 Å².